The summed E-state index contributed by atoms with van der Waals surface area (Å²) in [6, 6.07) is 14.7. The molecule has 16 nitrogen and oxygen atoms in total. The second-order valence-corrected chi connectivity index (χ2v) is 22.6. The Morgan fingerprint density at radius 3 is 2.30 bits per heavy atom. The molecule has 2 saturated heterocycles. The van der Waals surface area contributed by atoms with Crippen molar-refractivity contribution in [2.24, 2.45) is 10.8 Å². The normalized spacial score (nSPS) is 18.5. The highest BCUT2D eigenvalue weighted by Gasteiger charge is 2.45. The third-order valence-corrected chi connectivity index (χ3v) is 15.0. The van der Waals surface area contributed by atoms with Crippen molar-refractivity contribution in [3.8, 4) is 27.4 Å². The monoisotopic (exact) mass is 1050 g/mol. The van der Waals surface area contributed by atoms with Gasteiger partial charge in [0.15, 0.2) is 6.23 Å². The lowest BCUT2D eigenvalue weighted by molar-refractivity contribution is -0.144. The van der Waals surface area contributed by atoms with Gasteiger partial charge in [0.05, 0.1) is 43.8 Å². The maximum atomic E-state index is 14.4. The summed E-state index contributed by atoms with van der Waals surface area (Å²) >= 11 is 14.5. The van der Waals surface area contributed by atoms with E-state index in [4.69, 9.17) is 37.8 Å². The highest BCUT2D eigenvalue weighted by molar-refractivity contribution is 7.13. The summed E-state index contributed by atoms with van der Waals surface area (Å²) in [6.45, 7) is 15.6. The van der Waals surface area contributed by atoms with Crippen molar-refractivity contribution in [2.45, 2.75) is 124 Å². The standard InChI is InChI=1S/C54H63Cl2N9O7S/c1-30(33-12-14-34(15-13-33)48-31(2)60-29-73-48)61-51(69)43-21-36(66)27-64(43)52(70)49(53(4,5)6)62-44(67)23-54(7,8)28-59-50(68)41-18-16-35(24-58-41)47-38-22-37(72-32(3)46-39(55)25-57-26-40(46)56)17-19-42(38)65(63-47)45-11-9-10-20-71-45/h12-19,22,24-26,29-30,32,36,43,45,49,66H,9-11,20-21,23,27-28H2,1-8H3,(H,59,68)(H,61,69)(H,62,67)/t30-,32+,36+,43-,45?,49+/m0/s1. The number of carbonyl (C=O) groups is 4. The minimum Gasteiger partial charge on any atom is -0.486 e. The van der Waals surface area contributed by atoms with Crippen LogP contribution >= 0.6 is 34.5 Å². The van der Waals surface area contributed by atoms with E-state index in [1.807, 2.05) is 108 Å². The number of likely N-dealkylation sites (tertiary alicyclic amines) is 1. The summed E-state index contributed by atoms with van der Waals surface area (Å²) in [5.74, 6) is -1.11. The molecule has 4 amide bonds. The number of nitrogens with one attached hydrogen (secondary N) is 3. The smallest absolute Gasteiger partial charge is 0.269 e. The number of halogens is 2. The fourth-order valence-electron chi connectivity index (χ4n) is 9.42. The number of aliphatic hydroxyl groups is 1. The largest absolute Gasteiger partial charge is 0.486 e. The van der Waals surface area contributed by atoms with E-state index >= 15 is 0 Å². The van der Waals surface area contributed by atoms with Gasteiger partial charge in [-0.15, -0.1) is 11.3 Å². The van der Waals surface area contributed by atoms with Crippen molar-refractivity contribution < 1.29 is 33.8 Å². The fraction of sp³-hybridized carbons (Fsp3) is 0.444. The predicted molar refractivity (Wildman–Crippen MR) is 282 cm³/mol. The van der Waals surface area contributed by atoms with Crippen molar-refractivity contribution in [1.82, 2.24) is 45.6 Å². The van der Waals surface area contributed by atoms with Crippen LogP contribution in [0.3, 0.4) is 0 Å². The van der Waals surface area contributed by atoms with Gasteiger partial charge in [-0.1, -0.05) is 82.1 Å². The number of carbonyl (C=O) groups excluding carboxylic acids is 4. The summed E-state index contributed by atoms with van der Waals surface area (Å²) in [5, 5.41) is 26.3. The van der Waals surface area contributed by atoms with Crippen molar-refractivity contribution in [1.29, 1.82) is 0 Å². The van der Waals surface area contributed by atoms with Crippen LogP contribution in [0.4, 0.5) is 0 Å². The number of ether oxygens (including phenoxy) is 2. The number of fused-ring (bicyclic) bond motifs is 1. The zero-order chi connectivity index (χ0) is 52.4. The number of aliphatic hydroxyl groups excluding tert-OH is 1. The van der Waals surface area contributed by atoms with E-state index in [2.05, 4.69) is 30.9 Å². The van der Waals surface area contributed by atoms with Gasteiger partial charge >= 0.3 is 0 Å². The van der Waals surface area contributed by atoms with Crippen LogP contribution in [0.2, 0.25) is 10.0 Å². The summed E-state index contributed by atoms with van der Waals surface area (Å²) < 4.78 is 14.4. The first kappa shape index (κ1) is 53.3. The first-order chi connectivity index (χ1) is 34.7. The number of aryl methyl sites for hydroxylation is 1. The molecule has 6 heterocycles. The number of amides is 4. The van der Waals surface area contributed by atoms with Crippen LogP contribution in [-0.4, -0.2) is 96.3 Å². The van der Waals surface area contributed by atoms with E-state index in [1.54, 1.807) is 29.7 Å². The lowest BCUT2D eigenvalue weighted by atomic mass is 9.84. The molecule has 1 unspecified atom stereocenters. The lowest BCUT2D eigenvalue weighted by Gasteiger charge is -2.36. The van der Waals surface area contributed by atoms with Gasteiger partial charge in [-0.2, -0.15) is 5.10 Å². The SMILES string of the molecule is Cc1ncsc1-c1ccc([C@H](C)NC(=O)[C@@H]2C[C@@H](O)CN2C(=O)[C@@H](NC(=O)CC(C)(C)CNC(=O)c2ccc(-c3nn(C4CCCCO4)c4ccc(O[C@H](C)c5c(Cl)cncc5Cl)cc34)cn2)C(C)(C)C)cc1. The molecule has 6 atom stereocenters. The Morgan fingerprint density at radius 2 is 1.66 bits per heavy atom. The highest BCUT2D eigenvalue weighted by Crippen LogP contribution is 2.38. The number of aromatic nitrogens is 5. The molecule has 0 radical (unpaired) electrons. The van der Waals surface area contributed by atoms with Crippen LogP contribution in [0.5, 0.6) is 5.75 Å². The Balaban J connectivity index is 0.896. The number of pyridine rings is 2. The first-order valence-electron chi connectivity index (χ1n) is 24.6. The molecule has 0 saturated carbocycles. The van der Waals surface area contributed by atoms with Gasteiger partial charge in [-0.3, -0.25) is 29.1 Å². The molecule has 0 bridgehead atoms. The average Bonchev–Trinajstić information content (AvgIpc) is 4.08. The Kier molecular flexibility index (Phi) is 16.2. The number of hydrogen-bond donors (Lipinski definition) is 4. The van der Waals surface area contributed by atoms with Gasteiger partial charge in [0.1, 0.15) is 35.3 Å². The molecule has 2 fully saturated rings. The molecule has 0 spiro atoms. The third kappa shape index (κ3) is 12.3. The summed E-state index contributed by atoms with van der Waals surface area (Å²) in [6.07, 6.45) is 5.86. The summed E-state index contributed by atoms with van der Waals surface area (Å²) in [7, 11) is 0. The molecule has 2 aromatic carbocycles. The molecule has 19 heteroatoms. The van der Waals surface area contributed by atoms with E-state index < -0.39 is 58.8 Å². The molecule has 2 aliphatic rings. The van der Waals surface area contributed by atoms with Crippen LogP contribution < -0.4 is 20.7 Å². The zero-order valence-corrected chi connectivity index (χ0v) is 44.7. The number of rotatable bonds is 16. The topological polar surface area (TPSA) is 203 Å². The molecule has 6 aromatic rings. The number of β-amino-alcohol motifs (C(OH)–C–C–N with tert-alkyl or cyclic N) is 1. The number of benzene rings is 2. The molecule has 73 heavy (non-hydrogen) atoms. The van der Waals surface area contributed by atoms with Gasteiger partial charge in [-0.25, -0.2) is 9.67 Å². The van der Waals surface area contributed by atoms with Crippen LogP contribution in [0.1, 0.15) is 126 Å². The molecule has 4 N–H and O–H groups in total. The van der Waals surface area contributed by atoms with Crippen LogP contribution in [0, 0.1) is 17.8 Å². The maximum Gasteiger partial charge on any atom is 0.269 e. The van der Waals surface area contributed by atoms with Gasteiger partial charge < -0.3 is 35.4 Å². The Bertz CT molecular complexity index is 2950. The minimum absolute atomic E-state index is 0.0293. The van der Waals surface area contributed by atoms with Crippen LogP contribution in [0.25, 0.3) is 32.6 Å². The molecule has 8 rings (SSSR count). The average molecular weight is 1050 g/mol. The van der Waals surface area contributed by atoms with Gasteiger partial charge in [0.2, 0.25) is 17.7 Å². The Labute approximate surface area is 439 Å². The molecule has 0 aliphatic carbocycles. The van der Waals surface area contributed by atoms with Gasteiger partial charge in [0.25, 0.3) is 5.91 Å². The first-order valence-corrected chi connectivity index (χ1v) is 26.2. The predicted octanol–water partition coefficient (Wildman–Crippen LogP) is 9.59. The van der Waals surface area contributed by atoms with E-state index in [-0.39, 0.29) is 43.9 Å². The van der Waals surface area contributed by atoms with Crippen LogP contribution in [0.15, 0.2) is 78.7 Å². The Morgan fingerprint density at radius 1 is 0.932 bits per heavy atom. The molecule has 386 valence electrons. The molecular formula is C54H63Cl2N9O7S. The van der Waals surface area contributed by atoms with Crippen molar-refractivity contribution in [3.63, 3.8) is 0 Å². The Hall–Kier alpha value is -5.98. The number of nitrogens with zero attached hydrogens (tertiary/aromatic N) is 6. The van der Waals surface area contributed by atoms with Crippen molar-refractivity contribution in [3.05, 3.63) is 111 Å². The van der Waals surface area contributed by atoms with E-state index in [0.29, 0.717) is 39.2 Å². The lowest BCUT2D eigenvalue weighted by Crippen LogP contribution is -2.58. The van der Waals surface area contributed by atoms with Crippen molar-refractivity contribution >= 4 is 69.1 Å². The van der Waals surface area contributed by atoms with E-state index in [9.17, 15) is 24.3 Å². The van der Waals surface area contributed by atoms with E-state index in [0.717, 1.165) is 51.9 Å². The number of thiazole rings is 1. The second-order valence-electron chi connectivity index (χ2n) is 20.9. The quantitative estimate of drug-likeness (QED) is 0.0719. The second kappa shape index (κ2) is 22.2. The zero-order valence-electron chi connectivity index (χ0n) is 42.4. The number of hydrogen-bond acceptors (Lipinski definition) is 12. The fourth-order valence-corrected chi connectivity index (χ4v) is 10.9. The molecule has 4 aromatic heterocycles. The third-order valence-electron chi connectivity index (χ3n) is 13.4. The summed E-state index contributed by atoms with van der Waals surface area (Å²) in [5.41, 5.74) is 6.14. The molecule has 2 aliphatic heterocycles. The minimum atomic E-state index is -1.01. The summed E-state index contributed by atoms with van der Waals surface area (Å²) in [4.78, 5) is 71.0. The highest BCUT2D eigenvalue weighted by atomic mass is 35.5. The maximum absolute atomic E-state index is 14.4. The van der Waals surface area contributed by atoms with Crippen molar-refractivity contribution in [2.75, 3.05) is 19.7 Å². The van der Waals surface area contributed by atoms with Gasteiger partial charge in [-0.05, 0) is 92.3 Å². The van der Waals surface area contributed by atoms with E-state index in [1.165, 1.54) is 17.3 Å². The molecular weight excluding hydrogens is 990 g/mol. The van der Waals surface area contributed by atoms with Crippen LogP contribution in [-0.2, 0) is 19.1 Å². The van der Waals surface area contributed by atoms with Gasteiger partial charge in [0, 0.05) is 67.6 Å².